The second-order valence-corrected chi connectivity index (χ2v) is 7.32. The summed E-state index contributed by atoms with van der Waals surface area (Å²) < 4.78 is 22.5. The van der Waals surface area contributed by atoms with E-state index in [2.05, 4.69) is 17.2 Å². The van der Waals surface area contributed by atoms with Gasteiger partial charge in [-0.15, -0.1) is 11.3 Å². The molecule has 5 nitrogen and oxygen atoms in total. The summed E-state index contributed by atoms with van der Waals surface area (Å²) >= 11 is 1.45. The zero-order chi connectivity index (χ0) is 14.5. The molecular formula is C12H16N2O3S2. The summed E-state index contributed by atoms with van der Waals surface area (Å²) in [7, 11) is -3.37. The molecule has 1 heterocycles. The maximum absolute atomic E-state index is 11.7. The molecule has 1 aromatic rings. The monoisotopic (exact) mass is 300 g/mol. The van der Waals surface area contributed by atoms with Gasteiger partial charge in [0, 0.05) is 16.7 Å². The van der Waals surface area contributed by atoms with Crippen molar-refractivity contribution >= 4 is 27.1 Å². The summed E-state index contributed by atoms with van der Waals surface area (Å²) in [6.45, 7) is 1.91. The van der Waals surface area contributed by atoms with Gasteiger partial charge in [-0.25, -0.2) is 8.42 Å². The maximum atomic E-state index is 11.7. The van der Waals surface area contributed by atoms with E-state index in [1.165, 1.54) is 18.3 Å². The van der Waals surface area contributed by atoms with E-state index in [0.29, 0.717) is 0 Å². The molecule has 0 aromatic carbocycles. The molecule has 1 atom stereocenters. The van der Waals surface area contributed by atoms with Crippen LogP contribution in [0.4, 0.5) is 0 Å². The molecule has 7 heteroatoms. The molecule has 0 saturated heterocycles. The maximum Gasteiger partial charge on any atom is 0.238 e. The predicted octanol–water partition coefficient (Wildman–Crippen LogP) is 0.108. The highest BCUT2D eigenvalue weighted by Crippen LogP contribution is 2.15. The lowest BCUT2D eigenvalue weighted by Crippen LogP contribution is -2.36. The van der Waals surface area contributed by atoms with Crippen molar-refractivity contribution in [3.05, 3.63) is 21.9 Å². The highest BCUT2D eigenvalue weighted by atomic mass is 32.2. The van der Waals surface area contributed by atoms with Crippen molar-refractivity contribution in [2.45, 2.75) is 18.7 Å². The second kappa shape index (κ2) is 6.70. The van der Waals surface area contributed by atoms with Crippen LogP contribution in [-0.2, 0) is 21.2 Å². The van der Waals surface area contributed by atoms with Crippen LogP contribution in [0.25, 0.3) is 0 Å². The normalized spacial score (nSPS) is 12.4. The van der Waals surface area contributed by atoms with E-state index in [0.717, 1.165) is 16.7 Å². The molecule has 0 bridgehead atoms. The molecule has 104 valence electrons. The fourth-order valence-corrected chi connectivity index (χ4v) is 2.48. The molecule has 0 aliphatic rings. The second-order valence-electron chi connectivity index (χ2n) is 3.95. The van der Waals surface area contributed by atoms with E-state index in [9.17, 15) is 13.2 Å². The molecule has 0 fully saturated rings. The molecule has 0 aliphatic carbocycles. The topological polar surface area (TPSA) is 89.3 Å². The van der Waals surface area contributed by atoms with Crippen LogP contribution in [-0.4, -0.2) is 32.4 Å². The third kappa shape index (κ3) is 4.67. The first-order valence-electron chi connectivity index (χ1n) is 5.58. The molecule has 1 rings (SSSR count). The van der Waals surface area contributed by atoms with E-state index in [4.69, 9.17) is 5.73 Å². The molecule has 1 unspecified atom stereocenters. The molecule has 1 aromatic heterocycles. The minimum atomic E-state index is -3.37. The van der Waals surface area contributed by atoms with Crippen LogP contribution >= 0.6 is 11.3 Å². The van der Waals surface area contributed by atoms with Crippen molar-refractivity contribution in [1.29, 1.82) is 0 Å². The largest absolute Gasteiger partial charge is 0.350 e. The Morgan fingerprint density at radius 2 is 2.26 bits per heavy atom. The summed E-state index contributed by atoms with van der Waals surface area (Å²) in [6.07, 6.45) is 1.04. The average Bonchev–Trinajstić information content (AvgIpc) is 2.78. The number of carbonyl (C=O) groups excluding carboxylic acids is 1. The van der Waals surface area contributed by atoms with E-state index in [1.807, 2.05) is 11.4 Å². The predicted molar refractivity (Wildman–Crippen MR) is 76.4 cm³/mol. The Morgan fingerprint density at radius 3 is 2.84 bits per heavy atom. The summed E-state index contributed by atoms with van der Waals surface area (Å²) in [5.74, 6) is 5.14. The molecule has 0 spiro atoms. The SMILES string of the molecule is CC(C(=O)NCc1sccc1C#CCN)S(C)(=O)=O. The number of thiophene rings is 1. The first-order chi connectivity index (χ1) is 8.86. The van der Waals surface area contributed by atoms with Crippen molar-refractivity contribution in [1.82, 2.24) is 5.32 Å². The fraction of sp³-hybridized carbons (Fsp3) is 0.417. The van der Waals surface area contributed by atoms with Crippen LogP contribution in [0.5, 0.6) is 0 Å². The Morgan fingerprint density at radius 1 is 1.58 bits per heavy atom. The highest BCUT2D eigenvalue weighted by Gasteiger charge is 2.23. The Bertz CT molecular complexity index is 608. The number of hydrogen-bond donors (Lipinski definition) is 2. The minimum Gasteiger partial charge on any atom is -0.350 e. The molecule has 1 amide bonds. The van der Waals surface area contributed by atoms with Gasteiger partial charge in [-0.1, -0.05) is 11.8 Å². The van der Waals surface area contributed by atoms with Gasteiger partial charge in [-0.2, -0.15) is 0 Å². The van der Waals surface area contributed by atoms with Crippen LogP contribution in [0.15, 0.2) is 11.4 Å². The summed E-state index contributed by atoms with van der Waals surface area (Å²) in [4.78, 5) is 12.6. The van der Waals surface area contributed by atoms with Crippen LogP contribution in [0.2, 0.25) is 0 Å². The van der Waals surface area contributed by atoms with Gasteiger partial charge >= 0.3 is 0 Å². The zero-order valence-corrected chi connectivity index (χ0v) is 12.4. The van der Waals surface area contributed by atoms with Crippen LogP contribution in [0.3, 0.4) is 0 Å². The summed E-state index contributed by atoms with van der Waals surface area (Å²) in [5, 5.41) is 3.41. The number of nitrogens with two attached hydrogens (primary N) is 1. The minimum absolute atomic E-state index is 0.269. The highest BCUT2D eigenvalue weighted by molar-refractivity contribution is 7.92. The zero-order valence-electron chi connectivity index (χ0n) is 10.8. The number of nitrogens with one attached hydrogen (secondary N) is 1. The van der Waals surface area contributed by atoms with Crippen LogP contribution in [0.1, 0.15) is 17.4 Å². The first kappa shape index (κ1) is 15.7. The number of hydrogen-bond acceptors (Lipinski definition) is 5. The Kier molecular flexibility index (Phi) is 5.54. The van der Waals surface area contributed by atoms with Crippen molar-refractivity contribution in [3.63, 3.8) is 0 Å². The lowest BCUT2D eigenvalue weighted by Gasteiger charge is -2.09. The van der Waals surface area contributed by atoms with Crippen molar-refractivity contribution < 1.29 is 13.2 Å². The first-order valence-corrected chi connectivity index (χ1v) is 8.41. The molecule has 0 saturated carbocycles. The average molecular weight is 300 g/mol. The number of carbonyl (C=O) groups is 1. The third-order valence-corrected chi connectivity index (χ3v) is 4.92. The van der Waals surface area contributed by atoms with Crippen molar-refractivity contribution in [3.8, 4) is 11.8 Å². The lowest BCUT2D eigenvalue weighted by atomic mass is 10.2. The van der Waals surface area contributed by atoms with E-state index in [-0.39, 0.29) is 13.1 Å². The standard InChI is InChI=1S/C12H16N2O3S2/c1-9(19(2,16)17)12(15)14-8-11-10(4-3-6-13)5-7-18-11/h5,7,9H,6,8,13H2,1-2H3,(H,14,15). The van der Waals surface area contributed by atoms with Gasteiger partial charge in [0.15, 0.2) is 9.84 Å². The van der Waals surface area contributed by atoms with E-state index >= 15 is 0 Å². The number of amides is 1. The molecule has 3 N–H and O–H groups in total. The molecule has 19 heavy (non-hydrogen) atoms. The van der Waals surface area contributed by atoms with E-state index < -0.39 is 21.0 Å². The third-order valence-electron chi connectivity index (χ3n) is 2.51. The fourth-order valence-electron chi connectivity index (χ4n) is 1.24. The van der Waals surface area contributed by atoms with Gasteiger partial charge in [0.05, 0.1) is 13.1 Å². The van der Waals surface area contributed by atoms with Crippen LogP contribution < -0.4 is 11.1 Å². The lowest BCUT2D eigenvalue weighted by molar-refractivity contribution is -0.120. The van der Waals surface area contributed by atoms with Crippen molar-refractivity contribution in [2.24, 2.45) is 5.73 Å². The van der Waals surface area contributed by atoms with Crippen LogP contribution in [0, 0.1) is 11.8 Å². The van der Waals surface area contributed by atoms with Gasteiger partial charge in [0.2, 0.25) is 5.91 Å². The number of rotatable bonds is 4. The Labute approximate surface area is 117 Å². The van der Waals surface area contributed by atoms with E-state index in [1.54, 1.807) is 0 Å². The van der Waals surface area contributed by atoms with Crippen molar-refractivity contribution in [2.75, 3.05) is 12.8 Å². The molecule has 0 radical (unpaired) electrons. The Hall–Kier alpha value is -1.36. The summed E-state index contributed by atoms with van der Waals surface area (Å²) in [6, 6.07) is 1.84. The molecular weight excluding hydrogens is 284 g/mol. The smallest absolute Gasteiger partial charge is 0.238 e. The van der Waals surface area contributed by atoms with Gasteiger partial charge in [-0.05, 0) is 18.4 Å². The molecule has 0 aliphatic heterocycles. The summed E-state index contributed by atoms with van der Waals surface area (Å²) in [5.41, 5.74) is 6.11. The van der Waals surface area contributed by atoms with Gasteiger partial charge in [0.1, 0.15) is 5.25 Å². The van der Waals surface area contributed by atoms with Gasteiger partial charge in [0.25, 0.3) is 0 Å². The number of sulfone groups is 1. The van der Waals surface area contributed by atoms with Gasteiger partial charge in [-0.3, -0.25) is 4.79 Å². The Balaban J connectivity index is 2.68. The quantitative estimate of drug-likeness (QED) is 0.772. The van der Waals surface area contributed by atoms with Gasteiger partial charge < -0.3 is 11.1 Å².